The maximum atomic E-state index is 4.39. The Hall–Kier alpha value is -1.88. The topological polar surface area (TPSA) is 42.7 Å². The summed E-state index contributed by atoms with van der Waals surface area (Å²) in [6.45, 7) is 0.863. The van der Waals surface area contributed by atoms with E-state index in [-0.39, 0.29) is 0 Å². The lowest BCUT2D eigenvalue weighted by Crippen LogP contribution is -2.09. The van der Waals surface area contributed by atoms with E-state index in [0.717, 1.165) is 18.8 Å². The van der Waals surface area contributed by atoms with Gasteiger partial charge in [-0.1, -0.05) is 0 Å². The van der Waals surface area contributed by atoms with Crippen molar-refractivity contribution < 1.29 is 0 Å². The van der Waals surface area contributed by atoms with Crippen LogP contribution in [0.25, 0.3) is 10.1 Å². The Kier molecular flexibility index (Phi) is 2.98. The highest BCUT2D eigenvalue weighted by molar-refractivity contribution is 7.17. The van der Waals surface area contributed by atoms with Crippen molar-refractivity contribution in [3.8, 4) is 0 Å². The van der Waals surface area contributed by atoms with Crippen LogP contribution in [0.3, 0.4) is 0 Å². The van der Waals surface area contributed by atoms with Crippen molar-refractivity contribution in [2.24, 2.45) is 7.05 Å². The molecule has 0 aliphatic carbocycles. The first-order chi connectivity index (χ1) is 8.84. The maximum absolute atomic E-state index is 4.39. The van der Waals surface area contributed by atoms with Crippen molar-refractivity contribution in [2.75, 3.05) is 11.9 Å². The quantitative estimate of drug-likeness (QED) is 0.782. The van der Waals surface area contributed by atoms with Crippen molar-refractivity contribution in [2.45, 2.75) is 6.42 Å². The zero-order valence-electron chi connectivity index (χ0n) is 10.1. The minimum Gasteiger partial charge on any atom is -0.369 e. The summed E-state index contributed by atoms with van der Waals surface area (Å²) in [5.74, 6) is 0.968. The van der Waals surface area contributed by atoms with Gasteiger partial charge in [0.15, 0.2) is 0 Å². The molecule has 0 spiro atoms. The van der Waals surface area contributed by atoms with Gasteiger partial charge in [0.05, 0.1) is 0 Å². The molecule has 0 unspecified atom stereocenters. The molecule has 1 N–H and O–H groups in total. The molecule has 0 aromatic carbocycles. The summed E-state index contributed by atoms with van der Waals surface area (Å²) in [6, 6.07) is 6.20. The van der Waals surface area contributed by atoms with Crippen LogP contribution in [0.15, 0.2) is 36.0 Å². The number of rotatable bonds is 4. The Balaban J connectivity index is 1.70. The minimum absolute atomic E-state index is 0.863. The van der Waals surface area contributed by atoms with Crippen molar-refractivity contribution in [1.82, 2.24) is 14.8 Å². The predicted octanol–water partition coefficient (Wildman–Crippen LogP) is 2.68. The van der Waals surface area contributed by atoms with Crippen LogP contribution < -0.4 is 5.32 Å². The lowest BCUT2D eigenvalue weighted by atomic mass is 10.3. The standard InChI is InChI=1S/C13H14N4S/c1-17-10(3-8-16-17)2-6-14-13-11-5-9-18-12(11)4-7-15-13/h3-5,7-9H,2,6H2,1H3,(H,14,15). The highest BCUT2D eigenvalue weighted by Gasteiger charge is 2.03. The highest BCUT2D eigenvalue weighted by atomic mass is 32.1. The van der Waals surface area contributed by atoms with Gasteiger partial charge in [-0.05, 0) is 23.6 Å². The molecule has 5 heteroatoms. The number of aryl methyl sites for hydroxylation is 1. The van der Waals surface area contributed by atoms with Gasteiger partial charge in [0.25, 0.3) is 0 Å². The van der Waals surface area contributed by atoms with Crippen molar-refractivity contribution >= 4 is 27.2 Å². The second-order valence-corrected chi connectivity index (χ2v) is 5.06. The third kappa shape index (κ3) is 2.09. The van der Waals surface area contributed by atoms with E-state index < -0.39 is 0 Å². The number of nitrogens with one attached hydrogen (secondary N) is 1. The minimum atomic E-state index is 0.863. The van der Waals surface area contributed by atoms with Crippen LogP contribution >= 0.6 is 11.3 Å². The van der Waals surface area contributed by atoms with Gasteiger partial charge >= 0.3 is 0 Å². The van der Waals surface area contributed by atoms with Crippen molar-refractivity contribution in [1.29, 1.82) is 0 Å². The molecule has 0 aliphatic rings. The van der Waals surface area contributed by atoms with E-state index in [0.29, 0.717) is 0 Å². The number of pyridine rings is 1. The number of fused-ring (bicyclic) bond motifs is 1. The van der Waals surface area contributed by atoms with E-state index in [9.17, 15) is 0 Å². The van der Waals surface area contributed by atoms with E-state index in [1.54, 1.807) is 11.3 Å². The summed E-state index contributed by atoms with van der Waals surface area (Å²) in [5.41, 5.74) is 1.22. The van der Waals surface area contributed by atoms with Crippen LogP contribution in [0.5, 0.6) is 0 Å². The summed E-state index contributed by atoms with van der Waals surface area (Å²) < 4.78 is 3.17. The SMILES string of the molecule is Cn1nccc1CCNc1nccc2sccc12. The predicted molar refractivity (Wildman–Crippen MR) is 75.0 cm³/mol. The van der Waals surface area contributed by atoms with Crippen molar-refractivity contribution in [3.63, 3.8) is 0 Å². The van der Waals surface area contributed by atoms with Gasteiger partial charge in [-0.2, -0.15) is 5.10 Å². The highest BCUT2D eigenvalue weighted by Crippen LogP contribution is 2.25. The van der Waals surface area contributed by atoms with Gasteiger partial charge in [-0.25, -0.2) is 4.98 Å². The molecule has 3 aromatic heterocycles. The molecule has 4 nitrogen and oxygen atoms in total. The van der Waals surface area contributed by atoms with E-state index in [4.69, 9.17) is 0 Å². The first kappa shape index (κ1) is 11.2. The van der Waals surface area contributed by atoms with E-state index in [2.05, 4.69) is 26.8 Å². The summed E-state index contributed by atoms with van der Waals surface area (Å²) in [5, 5.41) is 10.8. The summed E-state index contributed by atoms with van der Waals surface area (Å²) in [7, 11) is 1.97. The molecule has 0 fully saturated rings. The van der Waals surface area contributed by atoms with Crippen LogP contribution in [0.1, 0.15) is 5.69 Å². The molecular weight excluding hydrogens is 244 g/mol. The first-order valence-corrected chi connectivity index (χ1v) is 6.75. The first-order valence-electron chi connectivity index (χ1n) is 5.87. The van der Waals surface area contributed by atoms with Gasteiger partial charge in [-0.3, -0.25) is 4.68 Å². The van der Waals surface area contributed by atoms with Crippen LogP contribution in [-0.4, -0.2) is 21.3 Å². The molecule has 92 valence electrons. The Morgan fingerprint density at radius 1 is 1.28 bits per heavy atom. The van der Waals surface area contributed by atoms with Crippen LogP contribution in [0.2, 0.25) is 0 Å². The normalized spacial score (nSPS) is 10.9. The third-order valence-electron chi connectivity index (χ3n) is 2.98. The van der Waals surface area contributed by atoms with Crippen LogP contribution in [0.4, 0.5) is 5.82 Å². The largest absolute Gasteiger partial charge is 0.369 e. The molecule has 0 amide bonds. The molecule has 0 radical (unpaired) electrons. The number of anilines is 1. The fourth-order valence-electron chi connectivity index (χ4n) is 1.99. The lowest BCUT2D eigenvalue weighted by molar-refractivity contribution is 0.711. The Bertz CT molecular complexity index is 656. The fraction of sp³-hybridized carbons (Fsp3) is 0.231. The number of hydrogen-bond acceptors (Lipinski definition) is 4. The second kappa shape index (κ2) is 4.78. The molecule has 3 aromatic rings. The molecule has 18 heavy (non-hydrogen) atoms. The number of thiophene rings is 1. The molecule has 0 atom stereocenters. The molecule has 0 saturated carbocycles. The molecule has 3 heterocycles. The third-order valence-corrected chi connectivity index (χ3v) is 3.86. The number of aromatic nitrogens is 3. The van der Waals surface area contributed by atoms with Gasteiger partial charge in [0, 0.05) is 48.2 Å². The summed E-state index contributed by atoms with van der Waals surface area (Å²) in [6.07, 6.45) is 4.62. The molecule has 3 rings (SSSR count). The van der Waals surface area contributed by atoms with Gasteiger partial charge in [-0.15, -0.1) is 11.3 Å². The molecule has 0 aliphatic heterocycles. The van der Waals surface area contributed by atoms with Gasteiger partial charge < -0.3 is 5.32 Å². The van der Waals surface area contributed by atoms with E-state index >= 15 is 0 Å². The molecule has 0 saturated heterocycles. The van der Waals surface area contributed by atoms with Crippen LogP contribution in [0, 0.1) is 0 Å². The zero-order valence-corrected chi connectivity index (χ0v) is 10.9. The smallest absolute Gasteiger partial charge is 0.134 e. The maximum Gasteiger partial charge on any atom is 0.134 e. The zero-order chi connectivity index (χ0) is 12.4. The fourth-order valence-corrected chi connectivity index (χ4v) is 2.77. The summed E-state index contributed by atoms with van der Waals surface area (Å²) in [4.78, 5) is 4.39. The number of hydrogen-bond donors (Lipinski definition) is 1. The Labute approximate surface area is 109 Å². The van der Waals surface area contributed by atoms with Gasteiger partial charge in [0.1, 0.15) is 5.82 Å². The molecule has 0 bridgehead atoms. The second-order valence-electron chi connectivity index (χ2n) is 4.11. The lowest BCUT2D eigenvalue weighted by Gasteiger charge is -2.06. The number of nitrogens with zero attached hydrogens (tertiary/aromatic N) is 3. The summed E-state index contributed by atoms with van der Waals surface area (Å²) >= 11 is 1.74. The van der Waals surface area contributed by atoms with E-state index in [1.165, 1.54) is 15.8 Å². The average molecular weight is 258 g/mol. The van der Waals surface area contributed by atoms with Gasteiger partial charge in [0.2, 0.25) is 0 Å². The monoisotopic (exact) mass is 258 g/mol. The average Bonchev–Trinajstić information content (AvgIpc) is 2.99. The van der Waals surface area contributed by atoms with Crippen LogP contribution in [-0.2, 0) is 13.5 Å². The Morgan fingerprint density at radius 2 is 2.22 bits per heavy atom. The van der Waals surface area contributed by atoms with E-state index in [1.807, 2.05) is 36.3 Å². The Morgan fingerprint density at radius 3 is 3.06 bits per heavy atom. The molecular formula is C13H14N4S. The van der Waals surface area contributed by atoms with Crippen molar-refractivity contribution in [3.05, 3.63) is 41.7 Å².